The van der Waals surface area contributed by atoms with Crippen LogP contribution in [0.4, 0.5) is 0 Å². The van der Waals surface area contributed by atoms with Crippen molar-refractivity contribution in [1.29, 1.82) is 0 Å². The van der Waals surface area contributed by atoms with Crippen LogP contribution in [0, 0.1) is 6.07 Å². The Kier molecular flexibility index (Phi) is 2.66. The van der Waals surface area contributed by atoms with Crippen molar-refractivity contribution in [1.82, 2.24) is 0 Å². The third-order valence-corrected chi connectivity index (χ3v) is 3.29. The van der Waals surface area contributed by atoms with E-state index in [1.165, 1.54) is 12.1 Å². The molecule has 65 valence electrons. The molecule has 0 bridgehead atoms. The molecule has 1 rings (SSSR count). The summed E-state index contributed by atoms with van der Waals surface area (Å²) in [7, 11) is -3.29. The Hall–Kier alpha value is -0.250. The van der Waals surface area contributed by atoms with Crippen molar-refractivity contribution in [3.05, 3.63) is 28.2 Å². The van der Waals surface area contributed by atoms with E-state index in [4.69, 9.17) is 23.2 Å². The molecular formula is C7H5Cl2O2S. The van der Waals surface area contributed by atoms with Crippen LogP contribution in [-0.2, 0) is 9.84 Å². The number of hydrogen-bond donors (Lipinski definition) is 0. The van der Waals surface area contributed by atoms with Gasteiger partial charge in [-0.25, -0.2) is 8.42 Å². The van der Waals surface area contributed by atoms with Crippen LogP contribution in [0.2, 0.25) is 10.0 Å². The summed E-state index contributed by atoms with van der Waals surface area (Å²) in [5.74, 6) is 0. The first kappa shape index (κ1) is 9.84. The highest BCUT2D eigenvalue weighted by molar-refractivity contribution is 7.90. The highest BCUT2D eigenvalue weighted by atomic mass is 35.5. The average Bonchev–Trinajstić information content (AvgIpc) is 1.92. The van der Waals surface area contributed by atoms with E-state index in [1.54, 1.807) is 0 Å². The van der Waals surface area contributed by atoms with E-state index in [0.29, 0.717) is 0 Å². The Morgan fingerprint density at radius 2 is 2.00 bits per heavy atom. The van der Waals surface area contributed by atoms with Crippen molar-refractivity contribution >= 4 is 33.0 Å². The van der Waals surface area contributed by atoms with Gasteiger partial charge in [-0.1, -0.05) is 29.3 Å². The maximum atomic E-state index is 11.0. The van der Waals surface area contributed by atoms with Gasteiger partial charge in [-0.2, -0.15) is 0 Å². The van der Waals surface area contributed by atoms with Crippen LogP contribution in [0.25, 0.3) is 0 Å². The molecule has 0 aromatic heterocycles. The lowest BCUT2D eigenvalue weighted by Crippen LogP contribution is -1.97. The number of halogens is 2. The van der Waals surface area contributed by atoms with Crippen LogP contribution in [0.3, 0.4) is 0 Å². The molecule has 0 amide bonds. The number of sulfone groups is 1. The van der Waals surface area contributed by atoms with E-state index in [9.17, 15) is 8.42 Å². The zero-order chi connectivity index (χ0) is 9.35. The summed E-state index contributed by atoms with van der Waals surface area (Å²) in [5, 5.41) is 0.154. The van der Waals surface area contributed by atoms with Gasteiger partial charge >= 0.3 is 0 Å². The van der Waals surface area contributed by atoms with Gasteiger partial charge in [0.2, 0.25) is 0 Å². The summed E-state index contributed by atoms with van der Waals surface area (Å²) in [6.45, 7) is 0. The Bertz CT molecular complexity index is 398. The summed E-state index contributed by atoms with van der Waals surface area (Å²) >= 11 is 11.2. The van der Waals surface area contributed by atoms with Crippen LogP contribution >= 0.6 is 23.2 Å². The van der Waals surface area contributed by atoms with Crippen LogP contribution < -0.4 is 0 Å². The maximum absolute atomic E-state index is 11.0. The van der Waals surface area contributed by atoms with Gasteiger partial charge in [-0.05, 0) is 6.07 Å². The van der Waals surface area contributed by atoms with Crippen LogP contribution in [0.1, 0.15) is 0 Å². The molecule has 1 radical (unpaired) electrons. The highest BCUT2D eigenvalue weighted by Crippen LogP contribution is 2.28. The summed E-state index contributed by atoms with van der Waals surface area (Å²) in [6, 6.07) is 5.37. The second kappa shape index (κ2) is 3.24. The molecule has 1 aromatic rings. The molecule has 0 unspecified atom stereocenters. The van der Waals surface area contributed by atoms with Gasteiger partial charge in [-0.15, -0.1) is 0 Å². The lowest BCUT2D eigenvalue weighted by Gasteiger charge is -2.01. The van der Waals surface area contributed by atoms with Gasteiger partial charge in [0.05, 0.1) is 14.9 Å². The fraction of sp³-hybridized carbons (Fsp3) is 0.143. The Morgan fingerprint density at radius 3 is 2.42 bits per heavy atom. The van der Waals surface area contributed by atoms with E-state index >= 15 is 0 Å². The van der Waals surface area contributed by atoms with Gasteiger partial charge in [-0.3, -0.25) is 0 Å². The van der Waals surface area contributed by atoms with Crippen molar-refractivity contribution in [2.75, 3.05) is 6.26 Å². The zero-order valence-corrected chi connectivity index (χ0v) is 8.46. The minimum Gasteiger partial charge on any atom is -0.224 e. The molecule has 2 nitrogen and oxygen atoms in total. The lowest BCUT2D eigenvalue weighted by molar-refractivity contribution is 0.602. The summed E-state index contributed by atoms with van der Waals surface area (Å²) < 4.78 is 22.1. The largest absolute Gasteiger partial charge is 0.224 e. The fourth-order valence-electron chi connectivity index (χ4n) is 0.722. The highest BCUT2D eigenvalue weighted by Gasteiger charge is 2.13. The molecule has 0 spiro atoms. The van der Waals surface area contributed by atoms with Gasteiger partial charge < -0.3 is 0 Å². The molecule has 0 saturated heterocycles. The SMILES string of the molecule is CS(=O)(=O)c1cc[c]c(Cl)c1Cl. The van der Waals surface area contributed by atoms with Crippen molar-refractivity contribution in [3.8, 4) is 0 Å². The predicted octanol–water partition coefficient (Wildman–Crippen LogP) is 2.20. The molecule has 0 N–H and O–H groups in total. The second-order valence-electron chi connectivity index (χ2n) is 2.24. The molecule has 0 heterocycles. The van der Waals surface area contributed by atoms with Gasteiger partial charge in [0.15, 0.2) is 9.84 Å². The third-order valence-electron chi connectivity index (χ3n) is 1.25. The predicted molar refractivity (Wildman–Crippen MR) is 48.4 cm³/mol. The normalized spacial score (nSPS) is 11.6. The van der Waals surface area contributed by atoms with Crippen molar-refractivity contribution in [2.45, 2.75) is 4.90 Å². The van der Waals surface area contributed by atoms with E-state index in [0.717, 1.165) is 6.26 Å². The minimum atomic E-state index is -3.29. The third kappa shape index (κ3) is 1.91. The smallest absolute Gasteiger partial charge is 0.177 e. The monoisotopic (exact) mass is 223 g/mol. The number of hydrogen-bond acceptors (Lipinski definition) is 2. The lowest BCUT2D eigenvalue weighted by atomic mass is 10.4. The van der Waals surface area contributed by atoms with Crippen molar-refractivity contribution < 1.29 is 8.42 Å². The fourth-order valence-corrected chi connectivity index (χ4v) is 2.22. The molecule has 0 aliphatic carbocycles. The molecule has 0 saturated carbocycles. The van der Waals surface area contributed by atoms with Crippen LogP contribution in [0.15, 0.2) is 17.0 Å². The van der Waals surface area contributed by atoms with Crippen molar-refractivity contribution in [3.63, 3.8) is 0 Å². The topological polar surface area (TPSA) is 34.1 Å². The summed E-state index contributed by atoms with van der Waals surface area (Å²) in [5.41, 5.74) is 0. The van der Waals surface area contributed by atoms with Gasteiger partial charge in [0, 0.05) is 12.3 Å². The van der Waals surface area contributed by atoms with Crippen LogP contribution in [0.5, 0.6) is 0 Å². The first-order valence-corrected chi connectivity index (χ1v) is 5.63. The number of rotatable bonds is 1. The Labute approximate surface area is 81.0 Å². The van der Waals surface area contributed by atoms with E-state index < -0.39 is 9.84 Å². The zero-order valence-electron chi connectivity index (χ0n) is 6.14. The Morgan fingerprint density at radius 1 is 1.42 bits per heavy atom. The molecule has 12 heavy (non-hydrogen) atoms. The van der Waals surface area contributed by atoms with Crippen molar-refractivity contribution in [2.24, 2.45) is 0 Å². The summed E-state index contributed by atoms with van der Waals surface area (Å²) in [6.07, 6.45) is 1.07. The van der Waals surface area contributed by atoms with E-state index in [1.807, 2.05) is 0 Å². The minimum absolute atomic E-state index is 0.0293. The first-order valence-electron chi connectivity index (χ1n) is 2.98. The van der Waals surface area contributed by atoms with Crippen LogP contribution in [-0.4, -0.2) is 14.7 Å². The maximum Gasteiger partial charge on any atom is 0.177 e. The molecule has 0 atom stereocenters. The van der Waals surface area contributed by atoms with E-state index in [-0.39, 0.29) is 14.9 Å². The standard InChI is InChI=1S/C7H5Cl2O2S/c1-12(10,11)6-4-2-3-5(8)7(6)9/h2,4H,1H3. The molecule has 0 aliphatic heterocycles. The van der Waals surface area contributed by atoms with E-state index in [2.05, 4.69) is 6.07 Å². The van der Waals surface area contributed by atoms with Gasteiger partial charge in [0.25, 0.3) is 0 Å². The van der Waals surface area contributed by atoms with Gasteiger partial charge in [0.1, 0.15) is 0 Å². The Balaban J connectivity index is 3.47. The molecule has 5 heteroatoms. The number of benzene rings is 1. The first-order chi connectivity index (χ1) is 5.43. The molecular weight excluding hydrogens is 219 g/mol. The summed E-state index contributed by atoms with van der Waals surface area (Å²) in [4.78, 5) is 0.0351. The second-order valence-corrected chi connectivity index (χ2v) is 4.98. The average molecular weight is 224 g/mol. The molecule has 0 aliphatic rings. The molecule has 1 aromatic carbocycles. The molecule has 0 fully saturated rings. The quantitative estimate of drug-likeness (QED) is 0.732.